The van der Waals surface area contributed by atoms with E-state index in [4.69, 9.17) is 4.74 Å². The van der Waals surface area contributed by atoms with E-state index in [0.29, 0.717) is 10.8 Å². The van der Waals surface area contributed by atoms with Gasteiger partial charge in [0.1, 0.15) is 11.2 Å². The molecule has 100 valence electrons. The maximum absolute atomic E-state index is 11.9. The molecular weight excluding hydrogens is 270 g/mol. The van der Waals surface area contributed by atoms with Crippen molar-refractivity contribution >= 4 is 29.2 Å². The van der Waals surface area contributed by atoms with E-state index in [1.54, 1.807) is 14.0 Å². The zero-order chi connectivity index (χ0) is 13.8. The second kappa shape index (κ2) is 5.57. The largest absolute Gasteiger partial charge is 0.461 e. The molecule has 0 bridgehead atoms. The minimum Gasteiger partial charge on any atom is -0.461 e. The summed E-state index contributed by atoms with van der Waals surface area (Å²) in [7, 11) is 1.65. The van der Waals surface area contributed by atoms with Gasteiger partial charge in [-0.05, 0) is 6.92 Å². The molecule has 19 heavy (non-hydrogen) atoms. The standard InChI is InChI=1S/C10H11N5O3S/c1-3-18-9(17)8-11-4-6(19-8)7(16)14-10-12-5-13-15(10)2/h4-5H,3H2,1-2H3,(H,12,13,14,16). The number of hydrogen-bond donors (Lipinski definition) is 1. The normalized spacial score (nSPS) is 10.2. The molecule has 9 heteroatoms. The topological polar surface area (TPSA) is 99.0 Å². The molecule has 0 fully saturated rings. The smallest absolute Gasteiger partial charge is 0.367 e. The van der Waals surface area contributed by atoms with Crippen molar-refractivity contribution in [3.63, 3.8) is 0 Å². The van der Waals surface area contributed by atoms with Crippen LogP contribution in [0, 0.1) is 0 Å². The average Bonchev–Trinajstić information content (AvgIpc) is 2.99. The van der Waals surface area contributed by atoms with E-state index in [2.05, 4.69) is 20.4 Å². The van der Waals surface area contributed by atoms with Gasteiger partial charge in [0.05, 0.1) is 12.8 Å². The predicted octanol–water partition coefficient (Wildman–Crippen LogP) is 0.701. The van der Waals surface area contributed by atoms with Gasteiger partial charge in [-0.3, -0.25) is 10.1 Å². The first-order valence-corrected chi connectivity index (χ1v) is 6.21. The number of carbonyl (C=O) groups is 2. The van der Waals surface area contributed by atoms with Crippen LogP contribution in [0.25, 0.3) is 0 Å². The lowest BCUT2D eigenvalue weighted by Crippen LogP contribution is -2.14. The van der Waals surface area contributed by atoms with Gasteiger partial charge in [0.15, 0.2) is 0 Å². The van der Waals surface area contributed by atoms with E-state index < -0.39 is 11.9 Å². The van der Waals surface area contributed by atoms with Gasteiger partial charge in [-0.15, -0.1) is 11.3 Å². The van der Waals surface area contributed by atoms with Gasteiger partial charge in [-0.2, -0.15) is 10.1 Å². The van der Waals surface area contributed by atoms with Crippen LogP contribution in [0.5, 0.6) is 0 Å². The number of anilines is 1. The van der Waals surface area contributed by atoms with Gasteiger partial charge in [-0.1, -0.05) is 0 Å². The molecule has 0 aliphatic carbocycles. The number of rotatable bonds is 4. The highest BCUT2D eigenvalue weighted by molar-refractivity contribution is 7.15. The number of aryl methyl sites for hydroxylation is 1. The molecule has 0 aliphatic rings. The SMILES string of the molecule is CCOC(=O)c1ncc(C(=O)Nc2ncnn2C)s1. The minimum atomic E-state index is -0.537. The summed E-state index contributed by atoms with van der Waals surface area (Å²) in [6, 6.07) is 0. The quantitative estimate of drug-likeness (QED) is 0.828. The third-order valence-electron chi connectivity index (χ3n) is 2.12. The Bertz CT molecular complexity index is 606. The van der Waals surface area contributed by atoms with Crippen molar-refractivity contribution in [2.24, 2.45) is 7.05 Å². The first-order chi connectivity index (χ1) is 9.11. The van der Waals surface area contributed by atoms with Crippen molar-refractivity contribution in [2.45, 2.75) is 6.92 Å². The highest BCUT2D eigenvalue weighted by atomic mass is 32.1. The van der Waals surface area contributed by atoms with Gasteiger partial charge in [0, 0.05) is 7.05 Å². The van der Waals surface area contributed by atoms with Crippen molar-refractivity contribution < 1.29 is 14.3 Å². The zero-order valence-corrected chi connectivity index (χ0v) is 11.1. The van der Waals surface area contributed by atoms with Gasteiger partial charge in [0.25, 0.3) is 5.91 Å². The third kappa shape index (κ3) is 2.94. The summed E-state index contributed by atoms with van der Waals surface area (Å²) in [5.41, 5.74) is 0. The van der Waals surface area contributed by atoms with Crippen LogP contribution in [0.1, 0.15) is 26.4 Å². The molecule has 0 spiro atoms. The van der Waals surface area contributed by atoms with Crippen molar-refractivity contribution in [2.75, 3.05) is 11.9 Å². The van der Waals surface area contributed by atoms with Crippen LogP contribution in [0.3, 0.4) is 0 Å². The summed E-state index contributed by atoms with van der Waals surface area (Å²) in [6.07, 6.45) is 2.65. The third-order valence-corrected chi connectivity index (χ3v) is 3.09. The highest BCUT2D eigenvalue weighted by Gasteiger charge is 2.17. The van der Waals surface area contributed by atoms with Crippen LogP contribution in [0.15, 0.2) is 12.5 Å². The van der Waals surface area contributed by atoms with Crippen LogP contribution in [0.4, 0.5) is 5.95 Å². The summed E-state index contributed by atoms with van der Waals surface area (Å²) in [5, 5.41) is 6.53. The Hall–Kier alpha value is -2.29. The molecule has 0 saturated heterocycles. The molecule has 0 radical (unpaired) electrons. The summed E-state index contributed by atoms with van der Waals surface area (Å²) < 4.78 is 6.22. The van der Waals surface area contributed by atoms with E-state index in [1.807, 2.05) is 0 Å². The predicted molar refractivity (Wildman–Crippen MR) is 67.0 cm³/mol. The van der Waals surface area contributed by atoms with Gasteiger partial charge in [-0.25, -0.2) is 14.5 Å². The molecule has 2 rings (SSSR count). The molecule has 1 N–H and O–H groups in total. The molecule has 0 aromatic carbocycles. The average molecular weight is 281 g/mol. The number of esters is 1. The molecule has 1 amide bonds. The Kier molecular flexibility index (Phi) is 3.85. The summed E-state index contributed by atoms with van der Waals surface area (Å²) in [5.74, 6) is -0.620. The lowest BCUT2D eigenvalue weighted by atomic mass is 10.5. The fourth-order valence-electron chi connectivity index (χ4n) is 1.24. The molecule has 0 unspecified atom stereocenters. The highest BCUT2D eigenvalue weighted by Crippen LogP contribution is 2.15. The monoisotopic (exact) mass is 281 g/mol. The van der Waals surface area contributed by atoms with E-state index in [0.717, 1.165) is 11.3 Å². The lowest BCUT2D eigenvalue weighted by molar-refractivity contribution is 0.0526. The molecule has 0 atom stereocenters. The van der Waals surface area contributed by atoms with Crippen molar-refractivity contribution in [3.8, 4) is 0 Å². The molecule has 2 heterocycles. The summed E-state index contributed by atoms with van der Waals surface area (Å²) in [4.78, 5) is 31.3. The van der Waals surface area contributed by atoms with Crippen LogP contribution >= 0.6 is 11.3 Å². The molecule has 8 nitrogen and oxygen atoms in total. The minimum absolute atomic E-state index is 0.143. The van der Waals surface area contributed by atoms with Crippen molar-refractivity contribution in [1.29, 1.82) is 0 Å². The van der Waals surface area contributed by atoms with E-state index in [1.165, 1.54) is 17.2 Å². The maximum Gasteiger partial charge on any atom is 0.367 e. The molecule has 2 aromatic heterocycles. The van der Waals surface area contributed by atoms with Gasteiger partial charge >= 0.3 is 5.97 Å². The van der Waals surface area contributed by atoms with E-state index in [-0.39, 0.29) is 11.6 Å². The number of nitrogens with one attached hydrogen (secondary N) is 1. The summed E-state index contributed by atoms with van der Waals surface area (Å²) >= 11 is 0.962. The van der Waals surface area contributed by atoms with E-state index in [9.17, 15) is 9.59 Å². The van der Waals surface area contributed by atoms with Crippen LogP contribution in [0.2, 0.25) is 0 Å². The fourth-order valence-corrected chi connectivity index (χ4v) is 1.94. The molecule has 0 aliphatic heterocycles. The number of hydrogen-bond acceptors (Lipinski definition) is 7. The second-order valence-corrected chi connectivity index (χ2v) is 4.44. The lowest BCUT2D eigenvalue weighted by Gasteiger charge is -2.00. The molecular formula is C10H11N5O3S. The van der Waals surface area contributed by atoms with Gasteiger partial charge in [0.2, 0.25) is 11.0 Å². The van der Waals surface area contributed by atoms with Crippen LogP contribution in [-0.4, -0.2) is 38.2 Å². The number of nitrogens with zero attached hydrogens (tertiary/aromatic N) is 4. The maximum atomic E-state index is 11.9. The fraction of sp³-hybridized carbons (Fsp3) is 0.300. The first-order valence-electron chi connectivity index (χ1n) is 5.40. The number of amides is 1. The van der Waals surface area contributed by atoms with Crippen LogP contribution < -0.4 is 5.32 Å². The molecule has 0 saturated carbocycles. The van der Waals surface area contributed by atoms with Crippen molar-refractivity contribution in [1.82, 2.24) is 19.7 Å². The van der Waals surface area contributed by atoms with Gasteiger partial charge < -0.3 is 4.74 Å². The Labute approximate surface area is 112 Å². The number of ether oxygens (including phenoxy) is 1. The first kappa shape index (κ1) is 13.1. The van der Waals surface area contributed by atoms with E-state index >= 15 is 0 Å². The van der Waals surface area contributed by atoms with Crippen LogP contribution in [-0.2, 0) is 11.8 Å². The zero-order valence-electron chi connectivity index (χ0n) is 10.3. The Balaban J connectivity index is 2.08. The van der Waals surface area contributed by atoms with Crippen molar-refractivity contribution in [3.05, 3.63) is 22.4 Å². The summed E-state index contributed by atoms with van der Waals surface area (Å²) in [6.45, 7) is 1.96. The second-order valence-electron chi connectivity index (χ2n) is 3.41. The number of aromatic nitrogens is 4. The number of carbonyl (C=O) groups excluding carboxylic acids is 2. The number of thiazole rings is 1. The Morgan fingerprint density at radius 3 is 2.89 bits per heavy atom. The molecule has 2 aromatic rings. The Morgan fingerprint density at radius 1 is 1.47 bits per heavy atom. The Morgan fingerprint density at radius 2 is 2.26 bits per heavy atom.